The first-order chi connectivity index (χ1) is 15.3. The van der Waals surface area contributed by atoms with Crippen LogP contribution in [0.3, 0.4) is 0 Å². The van der Waals surface area contributed by atoms with Crippen molar-refractivity contribution >= 4 is 22.9 Å². The van der Waals surface area contributed by atoms with Crippen molar-refractivity contribution in [2.45, 2.75) is 12.5 Å². The molecule has 0 radical (unpaired) electrons. The molecule has 1 unspecified atom stereocenters. The lowest BCUT2D eigenvalue weighted by atomic mass is 9.95. The van der Waals surface area contributed by atoms with Crippen LogP contribution in [0.1, 0.15) is 17.5 Å². The highest BCUT2D eigenvalue weighted by Crippen LogP contribution is 2.45. The number of hydrogen-bond acceptors (Lipinski definition) is 8. The van der Waals surface area contributed by atoms with E-state index >= 15 is 0 Å². The molecule has 9 nitrogen and oxygen atoms in total. The Balaban J connectivity index is 2.18. The average molecular weight is 444 g/mol. The highest BCUT2D eigenvalue weighted by molar-refractivity contribution is 6.33. The fourth-order valence-corrected chi connectivity index (χ4v) is 3.62. The van der Waals surface area contributed by atoms with Crippen molar-refractivity contribution in [2.75, 3.05) is 35.0 Å². The molecule has 0 amide bonds. The third-order valence-electron chi connectivity index (χ3n) is 5.06. The Hall–Kier alpha value is -3.72. The van der Waals surface area contributed by atoms with Crippen LogP contribution in [0.25, 0.3) is 11.1 Å². The molecule has 2 aromatic rings. The Morgan fingerprint density at radius 1 is 0.906 bits per heavy atom. The number of carbonyl (C=O) groups is 2. The van der Waals surface area contributed by atoms with E-state index in [4.69, 9.17) is 28.8 Å². The molecule has 1 atom stereocenters. The number of ketones is 1. The minimum absolute atomic E-state index is 0.0789. The second kappa shape index (κ2) is 9.61. The van der Waals surface area contributed by atoms with Gasteiger partial charge in [0.25, 0.3) is 0 Å². The zero-order valence-electron chi connectivity index (χ0n) is 18.1. The quantitative estimate of drug-likeness (QED) is 0.601. The van der Waals surface area contributed by atoms with E-state index in [0.29, 0.717) is 45.3 Å². The van der Waals surface area contributed by atoms with Crippen molar-refractivity contribution in [3.63, 3.8) is 0 Å². The molecule has 0 aliphatic heterocycles. The van der Waals surface area contributed by atoms with E-state index in [-0.39, 0.29) is 12.2 Å². The molecule has 1 aliphatic rings. The second-order valence-electron chi connectivity index (χ2n) is 6.90. The number of carboxylic acid groups (broad SMARTS) is 1. The number of Topliss-reactive ketones (excluding diaryl/α,β-unsaturated/α-hetero) is 1. The summed E-state index contributed by atoms with van der Waals surface area (Å²) < 4.78 is 26.7. The maximum Gasteiger partial charge on any atom is 0.341 e. The number of rotatable bonds is 9. The van der Waals surface area contributed by atoms with E-state index in [0.717, 1.165) is 0 Å². The number of aliphatic hydroxyl groups is 1. The molecule has 0 fully saturated rings. The molecule has 1 aliphatic carbocycles. The summed E-state index contributed by atoms with van der Waals surface area (Å²) in [5.41, 5.74) is 1.94. The van der Waals surface area contributed by atoms with Gasteiger partial charge in [0, 0.05) is 12.0 Å². The van der Waals surface area contributed by atoms with Crippen molar-refractivity contribution in [3.05, 3.63) is 41.5 Å². The first-order valence-electron chi connectivity index (χ1n) is 9.63. The number of ether oxygens (including phenoxy) is 5. The number of carbonyl (C=O) groups excluding carboxylic acids is 1. The summed E-state index contributed by atoms with van der Waals surface area (Å²) in [7, 11) is 5.85. The van der Waals surface area contributed by atoms with Crippen LogP contribution in [-0.2, 0) is 9.59 Å². The van der Waals surface area contributed by atoms with E-state index in [9.17, 15) is 14.7 Å². The molecular formula is C23H24O9. The van der Waals surface area contributed by atoms with Gasteiger partial charge < -0.3 is 33.9 Å². The van der Waals surface area contributed by atoms with Gasteiger partial charge in [0.2, 0.25) is 5.75 Å². The van der Waals surface area contributed by atoms with Crippen LogP contribution in [0.15, 0.2) is 30.3 Å². The summed E-state index contributed by atoms with van der Waals surface area (Å²) >= 11 is 0. The first-order valence-corrected chi connectivity index (χ1v) is 9.63. The van der Waals surface area contributed by atoms with Crippen molar-refractivity contribution in [2.24, 2.45) is 0 Å². The fourth-order valence-electron chi connectivity index (χ4n) is 3.62. The van der Waals surface area contributed by atoms with Gasteiger partial charge in [0.1, 0.15) is 6.10 Å². The van der Waals surface area contributed by atoms with Crippen LogP contribution in [0.2, 0.25) is 0 Å². The van der Waals surface area contributed by atoms with E-state index < -0.39 is 24.5 Å². The number of methoxy groups -OCH3 is 4. The topological polar surface area (TPSA) is 121 Å². The molecule has 0 spiro atoms. The lowest BCUT2D eigenvalue weighted by Gasteiger charge is -2.16. The van der Waals surface area contributed by atoms with Crippen LogP contribution in [-0.4, -0.2) is 63.1 Å². The van der Waals surface area contributed by atoms with Gasteiger partial charge in [0.05, 0.1) is 28.4 Å². The first kappa shape index (κ1) is 23.0. The molecule has 2 N–H and O–H groups in total. The van der Waals surface area contributed by atoms with Crippen LogP contribution >= 0.6 is 0 Å². The van der Waals surface area contributed by atoms with Crippen molar-refractivity contribution in [1.29, 1.82) is 0 Å². The zero-order chi connectivity index (χ0) is 23.4. The van der Waals surface area contributed by atoms with Gasteiger partial charge in [-0.05, 0) is 41.0 Å². The van der Waals surface area contributed by atoms with Gasteiger partial charge in [-0.3, -0.25) is 4.79 Å². The Kier molecular flexibility index (Phi) is 6.89. The minimum Gasteiger partial charge on any atom is -0.493 e. The lowest BCUT2D eigenvalue weighted by Crippen LogP contribution is -2.14. The highest BCUT2D eigenvalue weighted by atomic mass is 16.5. The van der Waals surface area contributed by atoms with Crippen LogP contribution < -0.4 is 23.7 Å². The number of aliphatic carboxylic acids is 1. The zero-order valence-corrected chi connectivity index (χ0v) is 18.1. The molecule has 32 heavy (non-hydrogen) atoms. The third-order valence-corrected chi connectivity index (χ3v) is 5.06. The number of hydrogen-bond donors (Lipinski definition) is 2. The van der Waals surface area contributed by atoms with Gasteiger partial charge in [-0.15, -0.1) is 0 Å². The third kappa shape index (κ3) is 4.33. The number of benzene rings is 2. The Morgan fingerprint density at radius 3 is 2.03 bits per heavy atom. The lowest BCUT2D eigenvalue weighted by molar-refractivity contribution is -0.139. The molecule has 170 valence electrons. The minimum atomic E-state index is -1.22. The summed E-state index contributed by atoms with van der Waals surface area (Å²) in [6, 6.07) is 8.18. The average Bonchev–Trinajstić information content (AvgIpc) is 3.10. The van der Waals surface area contributed by atoms with Crippen molar-refractivity contribution in [3.8, 4) is 28.7 Å². The smallest absolute Gasteiger partial charge is 0.341 e. The van der Waals surface area contributed by atoms with E-state index in [1.54, 1.807) is 30.3 Å². The summed E-state index contributed by atoms with van der Waals surface area (Å²) in [5, 5.41) is 19.3. The van der Waals surface area contributed by atoms with E-state index in [1.807, 2.05) is 0 Å². The largest absolute Gasteiger partial charge is 0.493 e. The van der Waals surface area contributed by atoms with Gasteiger partial charge in [-0.2, -0.15) is 0 Å². The maximum atomic E-state index is 12.9. The van der Waals surface area contributed by atoms with Crippen LogP contribution in [0.4, 0.5) is 0 Å². The molecule has 0 heterocycles. The predicted molar refractivity (Wildman–Crippen MR) is 115 cm³/mol. The number of aliphatic hydroxyl groups excluding tert-OH is 1. The second-order valence-corrected chi connectivity index (χ2v) is 6.90. The van der Waals surface area contributed by atoms with Crippen molar-refractivity contribution in [1.82, 2.24) is 0 Å². The standard InChI is InChI=1S/C23H24O9/c1-28-16-6-5-12(7-17(16)32-11-20(25)26)14-10-15(24)22(27)21(14)13-8-18(29-2)23(31-4)19(9-13)30-3/h5-9,15,24H,10-11H2,1-4H3,(H,25,26). The van der Waals surface area contributed by atoms with E-state index in [1.165, 1.54) is 28.4 Å². The normalized spacial score (nSPS) is 15.5. The summed E-state index contributed by atoms with van der Waals surface area (Å²) in [6.45, 7) is -0.555. The Bertz CT molecular complexity index is 1050. The SMILES string of the molecule is COc1ccc(C2=C(c3cc(OC)c(OC)c(OC)c3)C(=O)C(O)C2)cc1OCC(=O)O. The molecule has 0 bridgehead atoms. The van der Waals surface area contributed by atoms with Gasteiger partial charge in [-0.25, -0.2) is 4.79 Å². The number of carboxylic acids is 1. The molecule has 0 saturated heterocycles. The van der Waals surface area contributed by atoms with Crippen molar-refractivity contribution < 1.29 is 43.5 Å². The Morgan fingerprint density at radius 2 is 1.50 bits per heavy atom. The highest BCUT2D eigenvalue weighted by Gasteiger charge is 2.34. The fraction of sp³-hybridized carbons (Fsp3) is 0.304. The van der Waals surface area contributed by atoms with Gasteiger partial charge in [-0.1, -0.05) is 6.07 Å². The van der Waals surface area contributed by atoms with Gasteiger partial charge in [0.15, 0.2) is 35.4 Å². The molecule has 9 heteroatoms. The molecule has 2 aromatic carbocycles. The molecule has 0 aromatic heterocycles. The van der Waals surface area contributed by atoms with E-state index in [2.05, 4.69) is 0 Å². The monoisotopic (exact) mass is 444 g/mol. The summed E-state index contributed by atoms with van der Waals surface area (Å²) in [6.07, 6.45) is -1.14. The van der Waals surface area contributed by atoms with Crippen LogP contribution in [0, 0.1) is 0 Å². The predicted octanol–water partition coefficient (Wildman–Crippen LogP) is 2.43. The summed E-state index contributed by atoms with van der Waals surface area (Å²) in [5.74, 6) is 0.0686. The van der Waals surface area contributed by atoms with Crippen LogP contribution in [0.5, 0.6) is 28.7 Å². The molecular weight excluding hydrogens is 420 g/mol. The molecule has 0 saturated carbocycles. The maximum absolute atomic E-state index is 12.9. The van der Waals surface area contributed by atoms with Gasteiger partial charge >= 0.3 is 5.97 Å². The summed E-state index contributed by atoms with van der Waals surface area (Å²) in [4.78, 5) is 23.8. The molecule has 3 rings (SSSR count). The Labute approximate surface area is 184 Å².